The van der Waals surface area contributed by atoms with E-state index in [4.69, 9.17) is 15.2 Å². The van der Waals surface area contributed by atoms with Crippen molar-refractivity contribution in [3.63, 3.8) is 0 Å². The number of methoxy groups -OCH3 is 2. The van der Waals surface area contributed by atoms with Gasteiger partial charge in [-0.3, -0.25) is 0 Å². The second-order valence-corrected chi connectivity index (χ2v) is 3.59. The Morgan fingerprint density at radius 2 is 2.00 bits per heavy atom. The van der Waals surface area contributed by atoms with Crippen LogP contribution in [0.2, 0.25) is 0 Å². The molecule has 6 nitrogen and oxygen atoms in total. The molecule has 0 radical (unpaired) electrons. The summed E-state index contributed by atoms with van der Waals surface area (Å²) in [4.78, 5) is 17.5. The number of hydrogen-bond donors (Lipinski definition) is 2. The van der Waals surface area contributed by atoms with E-state index in [1.807, 2.05) is 0 Å². The molecule has 0 amide bonds. The lowest BCUT2D eigenvalue weighted by molar-refractivity contribution is 0.395. The number of hydrogen-bond acceptors (Lipinski definition) is 5. The SMILES string of the molecule is COc1ccc(-c2cc(N)nc(=O)[nH]2)c(OC)c1. The number of ether oxygens (including phenoxy) is 2. The quantitative estimate of drug-likeness (QED) is 0.845. The lowest BCUT2D eigenvalue weighted by Crippen LogP contribution is -2.13. The molecule has 0 bridgehead atoms. The molecule has 0 aliphatic rings. The Kier molecular flexibility index (Phi) is 3.18. The Morgan fingerprint density at radius 3 is 2.61 bits per heavy atom. The van der Waals surface area contributed by atoms with Crippen molar-refractivity contribution in [1.29, 1.82) is 0 Å². The Hall–Kier alpha value is -2.50. The van der Waals surface area contributed by atoms with Gasteiger partial charge in [0.05, 0.1) is 19.9 Å². The third kappa shape index (κ3) is 2.27. The minimum absolute atomic E-state index is 0.159. The fourth-order valence-corrected chi connectivity index (χ4v) is 1.64. The van der Waals surface area contributed by atoms with E-state index in [0.29, 0.717) is 22.8 Å². The lowest BCUT2D eigenvalue weighted by Gasteiger charge is -2.10. The normalized spacial score (nSPS) is 10.1. The highest BCUT2D eigenvalue weighted by molar-refractivity contribution is 5.69. The summed E-state index contributed by atoms with van der Waals surface area (Å²) in [6, 6.07) is 6.85. The van der Waals surface area contributed by atoms with Crippen LogP contribution in [0.25, 0.3) is 11.3 Å². The number of nitrogens with zero attached hydrogens (tertiary/aromatic N) is 1. The van der Waals surface area contributed by atoms with Crippen LogP contribution in [0.15, 0.2) is 29.1 Å². The number of nitrogens with two attached hydrogens (primary N) is 1. The number of aromatic amines is 1. The summed E-state index contributed by atoms with van der Waals surface area (Å²) in [6.45, 7) is 0. The van der Waals surface area contributed by atoms with E-state index in [1.54, 1.807) is 38.5 Å². The van der Waals surface area contributed by atoms with Crippen LogP contribution in [0.4, 0.5) is 5.82 Å². The second-order valence-electron chi connectivity index (χ2n) is 3.59. The standard InChI is InChI=1S/C12H13N3O3/c1-17-7-3-4-8(10(5-7)18-2)9-6-11(13)15-12(16)14-9/h3-6H,1-2H3,(H3,13,14,15,16). The van der Waals surface area contributed by atoms with Gasteiger partial charge in [0.15, 0.2) is 0 Å². The zero-order valence-corrected chi connectivity index (χ0v) is 10.1. The monoisotopic (exact) mass is 247 g/mol. The van der Waals surface area contributed by atoms with Crippen LogP contribution in [-0.2, 0) is 0 Å². The van der Waals surface area contributed by atoms with Crippen LogP contribution in [-0.4, -0.2) is 24.2 Å². The van der Waals surface area contributed by atoms with E-state index in [1.165, 1.54) is 0 Å². The van der Waals surface area contributed by atoms with Crippen molar-refractivity contribution in [3.05, 3.63) is 34.7 Å². The van der Waals surface area contributed by atoms with Gasteiger partial charge in [-0.15, -0.1) is 0 Å². The van der Waals surface area contributed by atoms with Crippen molar-refractivity contribution in [2.75, 3.05) is 20.0 Å². The molecule has 2 aromatic rings. The highest BCUT2D eigenvalue weighted by atomic mass is 16.5. The number of aromatic nitrogens is 2. The van der Waals surface area contributed by atoms with Crippen molar-refractivity contribution < 1.29 is 9.47 Å². The van der Waals surface area contributed by atoms with Gasteiger partial charge < -0.3 is 20.2 Å². The Bertz CT molecular complexity index is 622. The van der Waals surface area contributed by atoms with Gasteiger partial charge in [-0.1, -0.05) is 0 Å². The first-order valence-corrected chi connectivity index (χ1v) is 5.23. The molecule has 0 unspecified atom stereocenters. The van der Waals surface area contributed by atoms with E-state index in [2.05, 4.69) is 9.97 Å². The molecule has 18 heavy (non-hydrogen) atoms. The Balaban J connectivity index is 2.59. The van der Waals surface area contributed by atoms with Gasteiger partial charge in [0.2, 0.25) is 0 Å². The van der Waals surface area contributed by atoms with E-state index in [-0.39, 0.29) is 5.82 Å². The van der Waals surface area contributed by atoms with Gasteiger partial charge >= 0.3 is 5.69 Å². The molecule has 1 aromatic carbocycles. The third-order valence-electron chi connectivity index (χ3n) is 2.46. The number of nitrogen functional groups attached to an aromatic ring is 1. The summed E-state index contributed by atoms with van der Waals surface area (Å²) in [5, 5.41) is 0. The Labute approximate surface area is 103 Å². The number of nitrogens with one attached hydrogen (secondary N) is 1. The van der Waals surface area contributed by atoms with Crippen LogP contribution in [0.5, 0.6) is 11.5 Å². The first kappa shape index (κ1) is 12.0. The van der Waals surface area contributed by atoms with Crippen molar-refractivity contribution in [2.24, 2.45) is 0 Å². The number of rotatable bonds is 3. The summed E-state index contributed by atoms with van der Waals surface area (Å²) in [6.07, 6.45) is 0. The number of benzene rings is 1. The molecule has 3 N–H and O–H groups in total. The van der Waals surface area contributed by atoms with Gasteiger partial charge in [-0.25, -0.2) is 4.79 Å². The van der Waals surface area contributed by atoms with E-state index in [9.17, 15) is 4.79 Å². The first-order valence-electron chi connectivity index (χ1n) is 5.23. The largest absolute Gasteiger partial charge is 0.497 e. The number of H-pyrrole nitrogens is 1. The lowest BCUT2D eigenvalue weighted by atomic mass is 10.1. The summed E-state index contributed by atoms with van der Waals surface area (Å²) in [7, 11) is 3.11. The molecule has 0 spiro atoms. The molecule has 1 heterocycles. The maximum absolute atomic E-state index is 11.3. The molecular formula is C12H13N3O3. The zero-order chi connectivity index (χ0) is 13.1. The molecule has 0 saturated carbocycles. The highest BCUT2D eigenvalue weighted by Gasteiger charge is 2.09. The molecule has 0 saturated heterocycles. The summed E-state index contributed by atoms with van der Waals surface area (Å²) in [5.74, 6) is 1.40. The number of anilines is 1. The molecule has 94 valence electrons. The predicted octanol–water partition coefficient (Wildman–Crippen LogP) is 1.04. The van der Waals surface area contributed by atoms with Crippen LogP contribution in [0.3, 0.4) is 0 Å². The molecule has 0 fully saturated rings. The van der Waals surface area contributed by atoms with E-state index >= 15 is 0 Å². The van der Waals surface area contributed by atoms with Crippen molar-refractivity contribution in [2.45, 2.75) is 0 Å². The molecule has 0 atom stereocenters. The van der Waals surface area contributed by atoms with Crippen LogP contribution in [0, 0.1) is 0 Å². The summed E-state index contributed by atoms with van der Waals surface area (Å²) in [5.41, 5.74) is 6.31. The van der Waals surface area contributed by atoms with Crippen LogP contribution in [0.1, 0.15) is 0 Å². The van der Waals surface area contributed by atoms with Gasteiger partial charge in [-0.05, 0) is 12.1 Å². The minimum atomic E-state index is -0.497. The van der Waals surface area contributed by atoms with Crippen molar-refractivity contribution >= 4 is 5.82 Å². The average Bonchev–Trinajstić information content (AvgIpc) is 2.36. The fourth-order valence-electron chi connectivity index (χ4n) is 1.64. The zero-order valence-electron chi connectivity index (χ0n) is 10.1. The first-order chi connectivity index (χ1) is 8.63. The van der Waals surface area contributed by atoms with Crippen molar-refractivity contribution in [1.82, 2.24) is 9.97 Å². The van der Waals surface area contributed by atoms with Gasteiger partial charge in [0.25, 0.3) is 0 Å². The molecule has 6 heteroatoms. The van der Waals surface area contributed by atoms with E-state index in [0.717, 1.165) is 0 Å². The summed E-state index contributed by atoms with van der Waals surface area (Å²) < 4.78 is 10.4. The van der Waals surface area contributed by atoms with Gasteiger partial charge in [0, 0.05) is 17.7 Å². The van der Waals surface area contributed by atoms with E-state index < -0.39 is 5.69 Å². The van der Waals surface area contributed by atoms with Gasteiger partial charge in [0.1, 0.15) is 17.3 Å². The molecule has 0 aliphatic carbocycles. The average molecular weight is 247 g/mol. The third-order valence-corrected chi connectivity index (χ3v) is 2.46. The minimum Gasteiger partial charge on any atom is -0.497 e. The van der Waals surface area contributed by atoms with Crippen LogP contribution < -0.4 is 20.9 Å². The maximum atomic E-state index is 11.3. The van der Waals surface area contributed by atoms with Gasteiger partial charge in [-0.2, -0.15) is 4.98 Å². The summed E-state index contributed by atoms with van der Waals surface area (Å²) >= 11 is 0. The fraction of sp³-hybridized carbons (Fsp3) is 0.167. The van der Waals surface area contributed by atoms with Crippen molar-refractivity contribution in [3.8, 4) is 22.8 Å². The molecule has 2 rings (SSSR count). The molecule has 0 aliphatic heterocycles. The topological polar surface area (TPSA) is 90.2 Å². The van der Waals surface area contributed by atoms with Crippen LogP contribution >= 0.6 is 0 Å². The predicted molar refractivity (Wildman–Crippen MR) is 67.8 cm³/mol. The maximum Gasteiger partial charge on any atom is 0.347 e. The smallest absolute Gasteiger partial charge is 0.347 e. The second kappa shape index (κ2) is 4.79. The highest BCUT2D eigenvalue weighted by Crippen LogP contribution is 2.31. The molecular weight excluding hydrogens is 234 g/mol. The molecule has 1 aromatic heterocycles. The Morgan fingerprint density at radius 1 is 1.22 bits per heavy atom.